The van der Waals surface area contributed by atoms with Crippen LogP contribution >= 0.6 is 0 Å². The maximum Gasteiger partial charge on any atom is 0.339 e. The molecule has 0 aromatic heterocycles. The SMILES string of the molecule is CCCCCCC1(C)CCc2c(c(C)c(C)c(OC)c2C(=O)O)O1. The fourth-order valence-corrected chi connectivity index (χ4v) is 3.65. The van der Waals surface area contributed by atoms with Crippen molar-refractivity contribution in [2.75, 3.05) is 7.11 Å². The van der Waals surface area contributed by atoms with Crippen molar-refractivity contribution in [3.63, 3.8) is 0 Å². The van der Waals surface area contributed by atoms with E-state index in [0.29, 0.717) is 5.75 Å². The van der Waals surface area contributed by atoms with Gasteiger partial charge in [0.1, 0.15) is 22.7 Å². The van der Waals surface area contributed by atoms with Crippen molar-refractivity contribution in [1.29, 1.82) is 0 Å². The van der Waals surface area contributed by atoms with E-state index < -0.39 is 5.97 Å². The molecule has 0 saturated heterocycles. The zero-order valence-electron chi connectivity index (χ0n) is 15.6. The topological polar surface area (TPSA) is 55.8 Å². The van der Waals surface area contributed by atoms with Crippen molar-refractivity contribution in [2.45, 2.75) is 78.2 Å². The van der Waals surface area contributed by atoms with Gasteiger partial charge < -0.3 is 14.6 Å². The van der Waals surface area contributed by atoms with Crippen LogP contribution < -0.4 is 9.47 Å². The average molecular weight is 334 g/mol. The maximum atomic E-state index is 11.8. The molecular formula is C20H30O4. The number of unbranched alkanes of at least 4 members (excludes halogenated alkanes) is 3. The standard InChI is InChI=1S/C20H30O4/c1-6-7-8-9-11-20(4)12-10-15-16(19(21)22)18(23-5)14(3)13(2)17(15)24-20/h6-12H2,1-5H3,(H,21,22). The molecule has 134 valence electrons. The molecule has 0 amide bonds. The van der Waals surface area contributed by atoms with Crippen molar-refractivity contribution in [1.82, 2.24) is 0 Å². The third-order valence-corrected chi connectivity index (χ3v) is 5.28. The Balaban J connectivity index is 2.36. The molecule has 0 bridgehead atoms. The Hall–Kier alpha value is -1.71. The molecule has 24 heavy (non-hydrogen) atoms. The second kappa shape index (κ2) is 7.45. The lowest BCUT2D eigenvalue weighted by molar-refractivity contribution is 0.0504. The van der Waals surface area contributed by atoms with E-state index >= 15 is 0 Å². The summed E-state index contributed by atoms with van der Waals surface area (Å²) in [6.45, 7) is 8.26. The van der Waals surface area contributed by atoms with E-state index in [9.17, 15) is 9.90 Å². The zero-order valence-corrected chi connectivity index (χ0v) is 15.6. The molecule has 4 heteroatoms. The minimum absolute atomic E-state index is 0.206. The highest BCUT2D eigenvalue weighted by Crippen LogP contribution is 2.45. The number of aromatic carboxylic acids is 1. The zero-order chi connectivity index (χ0) is 17.9. The summed E-state index contributed by atoms with van der Waals surface area (Å²) in [4.78, 5) is 11.8. The van der Waals surface area contributed by atoms with Crippen LogP contribution in [0, 0.1) is 13.8 Å². The van der Waals surface area contributed by atoms with Crippen LogP contribution in [0.3, 0.4) is 0 Å². The third kappa shape index (κ3) is 3.52. The number of hydrogen-bond acceptors (Lipinski definition) is 3. The van der Waals surface area contributed by atoms with Gasteiger partial charge in [-0.05, 0) is 57.6 Å². The second-order valence-electron chi connectivity index (χ2n) is 7.13. The Morgan fingerprint density at radius 2 is 1.96 bits per heavy atom. The van der Waals surface area contributed by atoms with Gasteiger partial charge in [-0.2, -0.15) is 0 Å². The molecule has 0 saturated carbocycles. The highest BCUT2D eigenvalue weighted by atomic mass is 16.5. The van der Waals surface area contributed by atoms with Gasteiger partial charge in [0.05, 0.1) is 7.11 Å². The van der Waals surface area contributed by atoms with Crippen LogP contribution in [0.25, 0.3) is 0 Å². The predicted octanol–water partition coefficient (Wildman–Crippen LogP) is 5.06. The van der Waals surface area contributed by atoms with Crippen molar-refractivity contribution >= 4 is 5.97 Å². The van der Waals surface area contributed by atoms with Gasteiger partial charge in [-0.25, -0.2) is 4.79 Å². The molecule has 1 unspecified atom stereocenters. The first-order valence-corrected chi connectivity index (χ1v) is 8.97. The molecule has 1 atom stereocenters. The summed E-state index contributed by atoms with van der Waals surface area (Å²) in [6.07, 6.45) is 7.44. The van der Waals surface area contributed by atoms with Gasteiger partial charge in [0.2, 0.25) is 0 Å². The van der Waals surface area contributed by atoms with Crippen LogP contribution in [0.4, 0.5) is 0 Å². The van der Waals surface area contributed by atoms with Gasteiger partial charge in [0.15, 0.2) is 0 Å². The van der Waals surface area contributed by atoms with E-state index in [1.807, 2.05) is 13.8 Å². The Labute approximate surface area is 145 Å². The molecule has 1 aromatic rings. The summed E-state index contributed by atoms with van der Waals surface area (Å²) < 4.78 is 11.8. The molecule has 0 radical (unpaired) electrons. The quantitative estimate of drug-likeness (QED) is 0.708. The number of rotatable bonds is 7. The molecule has 1 heterocycles. The molecule has 2 rings (SSSR count). The molecule has 4 nitrogen and oxygen atoms in total. The van der Waals surface area contributed by atoms with Crippen LogP contribution in [-0.4, -0.2) is 23.8 Å². The predicted molar refractivity (Wildman–Crippen MR) is 95.5 cm³/mol. The van der Waals surface area contributed by atoms with E-state index in [4.69, 9.17) is 9.47 Å². The van der Waals surface area contributed by atoms with Gasteiger partial charge in [0.25, 0.3) is 0 Å². The van der Waals surface area contributed by atoms with Crippen molar-refractivity contribution in [3.05, 3.63) is 22.3 Å². The molecular weight excluding hydrogens is 304 g/mol. The fraction of sp³-hybridized carbons (Fsp3) is 0.650. The van der Waals surface area contributed by atoms with E-state index in [0.717, 1.165) is 48.1 Å². The first-order chi connectivity index (χ1) is 11.3. The van der Waals surface area contributed by atoms with Crippen LogP contribution in [0.5, 0.6) is 11.5 Å². The largest absolute Gasteiger partial charge is 0.496 e. The molecule has 1 aromatic carbocycles. The number of methoxy groups -OCH3 is 1. The Morgan fingerprint density at radius 1 is 1.25 bits per heavy atom. The maximum absolute atomic E-state index is 11.8. The van der Waals surface area contributed by atoms with Gasteiger partial charge in [-0.15, -0.1) is 0 Å². The number of ether oxygens (including phenoxy) is 2. The number of benzene rings is 1. The second-order valence-corrected chi connectivity index (χ2v) is 7.13. The number of carbonyl (C=O) groups is 1. The van der Waals surface area contributed by atoms with E-state index in [2.05, 4.69) is 13.8 Å². The van der Waals surface area contributed by atoms with Crippen molar-refractivity contribution in [2.24, 2.45) is 0 Å². The lowest BCUT2D eigenvalue weighted by Crippen LogP contribution is -2.37. The summed E-state index contributed by atoms with van der Waals surface area (Å²) in [6, 6.07) is 0. The fourth-order valence-electron chi connectivity index (χ4n) is 3.65. The number of carboxylic acids is 1. The van der Waals surface area contributed by atoms with Crippen molar-refractivity contribution in [3.8, 4) is 11.5 Å². The van der Waals surface area contributed by atoms with Crippen molar-refractivity contribution < 1.29 is 19.4 Å². The van der Waals surface area contributed by atoms with Gasteiger partial charge >= 0.3 is 5.97 Å². The Bertz CT molecular complexity index is 621. The van der Waals surface area contributed by atoms with Gasteiger partial charge in [0, 0.05) is 5.56 Å². The van der Waals surface area contributed by atoms with Crippen LogP contribution in [0.1, 0.15) is 79.4 Å². The third-order valence-electron chi connectivity index (χ3n) is 5.28. The summed E-state index contributed by atoms with van der Waals surface area (Å²) in [5, 5.41) is 9.66. The summed E-state index contributed by atoms with van der Waals surface area (Å²) in [7, 11) is 1.53. The highest BCUT2D eigenvalue weighted by molar-refractivity contribution is 5.95. The van der Waals surface area contributed by atoms with E-state index in [1.54, 1.807) is 0 Å². The first-order valence-electron chi connectivity index (χ1n) is 8.97. The van der Waals surface area contributed by atoms with Crippen LogP contribution in [0.2, 0.25) is 0 Å². The molecule has 0 aliphatic carbocycles. The summed E-state index contributed by atoms with van der Waals surface area (Å²) in [5.74, 6) is 0.283. The summed E-state index contributed by atoms with van der Waals surface area (Å²) >= 11 is 0. The summed E-state index contributed by atoms with van der Waals surface area (Å²) in [5.41, 5.74) is 2.69. The number of carboxylic acid groups (broad SMARTS) is 1. The Kier molecular flexibility index (Phi) is 5.79. The highest BCUT2D eigenvalue weighted by Gasteiger charge is 2.36. The number of fused-ring (bicyclic) bond motifs is 1. The number of hydrogen-bond donors (Lipinski definition) is 1. The van der Waals surface area contributed by atoms with E-state index in [-0.39, 0.29) is 11.2 Å². The van der Waals surface area contributed by atoms with Crippen LogP contribution in [-0.2, 0) is 6.42 Å². The normalized spacial score (nSPS) is 19.5. The van der Waals surface area contributed by atoms with Gasteiger partial charge in [-0.3, -0.25) is 0 Å². The minimum atomic E-state index is -0.943. The lowest BCUT2D eigenvalue weighted by Gasteiger charge is -2.38. The van der Waals surface area contributed by atoms with E-state index in [1.165, 1.54) is 26.4 Å². The lowest BCUT2D eigenvalue weighted by atomic mass is 9.84. The van der Waals surface area contributed by atoms with Crippen LogP contribution in [0.15, 0.2) is 0 Å². The molecule has 1 N–H and O–H groups in total. The first kappa shape index (κ1) is 18.6. The Morgan fingerprint density at radius 3 is 2.54 bits per heavy atom. The van der Waals surface area contributed by atoms with Gasteiger partial charge in [-0.1, -0.05) is 26.2 Å². The molecule has 0 spiro atoms. The molecule has 1 aliphatic rings. The molecule has 0 fully saturated rings. The monoisotopic (exact) mass is 334 g/mol. The minimum Gasteiger partial charge on any atom is -0.496 e. The smallest absolute Gasteiger partial charge is 0.339 e. The average Bonchev–Trinajstić information content (AvgIpc) is 2.55. The molecule has 1 aliphatic heterocycles.